The summed E-state index contributed by atoms with van der Waals surface area (Å²) in [6, 6.07) is 17.8. The van der Waals surface area contributed by atoms with Gasteiger partial charge in [0.25, 0.3) is 0 Å². The van der Waals surface area contributed by atoms with E-state index in [1.807, 2.05) is 49.1 Å². The topological polar surface area (TPSA) is 70.6 Å². The molecule has 1 aliphatic heterocycles. The largest absolute Gasteiger partial charge is 0.494 e. The summed E-state index contributed by atoms with van der Waals surface area (Å²) in [5, 5.41) is 2.99. The van der Waals surface area contributed by atoms with E-state index in [-0.39, 0.29) is 6.03 Å². The van der Waals surface area contributed by atoms with Crippen LogP contribution in [0.4, 0.5) is 16.3 Å². The quantitative estimate of drug-likeness (QED) is 0.608. The molecular weight excluding hydrogens is 414 g/mol. The summed E-state index contributed by atoms with van der Waals surface area (Å²) in [4.78, 5) is 26.3. The Morgan fingerprint density at radius 2 is 1.67 bits per heavy atom. The lowest BCUT2D eigenvalue weighted by Gasteiger charge is -2.36. The molecule has 0 radical (unpaired) electrons. The lowest BCUT2D eigenvalue weighted by molar-refractivity contribution is 0.208. The Labute approximate surface area is 195 Å². The van der Waals surface area contributed by atoms with E-state index in [2.05, 4.69) is 46.4 Å². The average molecular weight is 446 g/mol. The van der Waals surface area contributed by atoms with E-state index in [0.29, 0.717) is 19.7 Å². The van der Waals surface area contributed by atoms with Crippen molar-refractivity contribution in [2.75, 3.05) is 43.0 Å². The van der Waals surface area contributed by atoms with Crippen LogP contribution in [0.1, 0.15) is 29.6 Å². The first kappa shape index (κ1) is 22.6. The molecule has 1 aromatic heterocycles. The van der Waals surface area contributed by atoms with E-state index in [0.717, 1.165) is 53.8 Å². The van der Waals surface area contributed by atoms with Crippen LogP contribution in [0.15, 0.2) is 54.6 Å². The fourth-order valence-corrected chi connectivity index (χ4v) is 4.11. The van der Waals surface area contributed by atoms with Crippen molar-refractivity contribution in [2.24, 2.45) is 0 Å². The Morgan fingerprint density at radius 3 is 2.33 bits per heavy atom. The molecule has 172 valence electrons. The van der Waals surface area contributed by atoms with Gasteiger partial charge in [-0.2, -0.15) is 0 Å². The van der Waals surface area contributed by atoms with Gasteiger partial charge in [0, 0.05) is 49.5 Å². The number of urea groups is 1. The van der Waals surface area contributed by atoms with E-state index in [1.165, 1.54) is 5.56 Å². The molecule has 0 aliphatic carbocycles. The van der Waals surface area contributed by atoms with Crippen molar-refractivity contribution in [1.29, 1.82) is 0 Å². The van der Waals surface area contributed by atoms with Crippen molar-refractivity contribution in [3.63, 3.8) is 0 Å². The molecule has 2 amide bonds. The van der Waals surface area contributed by atoms with Gasteiger partial charge in [-0.1, -0.05) is 30.3 Å². The van der Waals surface area contributed by atoms with Crippen molar-refractivity contribution < 1.29 is 9.53 Å². The second-order valence-corrected chi connectivity index (χ2v) is 8.18. The lowest BCUT2D eigenvalue weighted by atomic mass is 10.0. The highest BCUT2D eigenvalue weighted by Crippen LogP contribution is 2.25. The number of carbonyl (C=O) groups is 1. The Kier molecular flexibility index (Phi) is 7.07. The Hall–Kier alpha value is -3.61. The van der Waals surface area contributed by atoms with Gasteiger partial charge in [0.05, 0.1) is 6.61 Å². The SMILES string of the molecule is CCOc1ccc(NC(=O)N2CCN(c3nc(C)nc(C)c3Cc3ccccc3)CC2)cc1. The number of amides is 2. The molecule has 4 rings (SSSR count). The van der Waals surface area contributed by atoms with Crippen LogP contribution in [0, 0.1) is 13.8 Å². The van der Waals surface area contributed by atoms with Crippen LogP contribution in [-0.4, -0.2) is 53.7 Å². The van der Waals surface area contributed by atoms with Crippen LogP contribution >= 0.6 is 0 Å². The van der Waals surface area contributed by atoms with Gasteiger partial charge in [-0.3, -0.25) is 0 Å². The lowest BCUT2D eigenvalue weighted by Crippen LogP contribution is -2.50. The number of benzene rings is 2. The van der Waals surface area contributed by atoms with Crippen LogP contribution < -0.4 is 15.0 Å². The minimum absolute atomic E-state index is 0.0848. The number of rotatable bonds is 6. The summed E-state index contributed by atoms with van der Waals surface area (Å²) in [5.74, 6) is 2.55. The molecular formula is C26H31N5O2. The predicted molar refractivity (Wildman–Crippen MR) is 131 cm³/mol. The normalized spacial score (nSPS) is 13.7. The fourth-order valence-electron chi connectivity index (χ4n) is 4.11. The first-order chi connectivity index (χ1) is 16.0. The van der Waals surface area contributed by atoms with Gasteiger partial charge in [0.1, 0.15) is 17.4 Å². The first-order valence-electron chi connectivity index (χ1n) is 11.4. The van der Waals surface area contributed by atoms with Gasteiger partial charge in [0.15, 0.2) is 0 Å². The minimum Gasteiger partial charge on any atom is -0.494 e. The number of aromatic nitrogens is 2. The Balaban J connectivity index is 1.41. The molecule has 7 heteroatoms. The first-order valence-corrected chi connectivity index (χ1v) is 11.4. The van der Waals surface area contributed by atoms with Crippen molar-refractivity contribution in [1.82, 2.24) is 14.9 Å². The highest BCUT2D eigenvalue weighted by molar-refractivity contribution is 5.89. The molecule has 1 N–H and O–H groups in total. The molecule has 7 nitrogen and oxygen atoms in total. The molecule has 0 atom stereocenters. The summed E-state index contributed by atoms with van der Waals surface area (Å²) < 4.78 is 5.46. The molecule has 0 bridgehead atoms. The number of anilines is 2. The summed E-state index contributed by atoms with van der Waals surface area (Å²) in [7, 11) is 0. The Bertz CT molecular complexity index is 1080. The van der Waals surface area contributed by atoms with Gasteiger partial charge < -0.3 is 19.9 Å². The standard InChI is InChI=1S/C26H31N5O2/c1-4-33-23-12-10-22(11-13-23)29-26(32)31-16-14-30(15-17-31)25-24(19(2)27-20(3)28-25)18-21-8-6-5-7-9-21/h5-13H,4,14-18H2,1-3H3,(H,29,32). The molecule has 1 aliphatic rings. The van der Waals surface area contributed by atoms with Gasteiger partial charge in [0.2, 0.25) is 0 Å². The molecule has 1 fully saturated rings. The molecule has 2 heterocycles. The highest BCUT2D eigenvalue weighted by atomic mass is 16.5. The van der Waals surface area contributed by atoms with Crippen molar-refractivity contribution >= 4 is 17.5 Å². The fraction of sp³-hybridized carbons (Fsp3) is 0.346. The third kappa shape index (κ3) is 5.61. The number of hydrogen-bond donors (Lipinski definition) is 1. The smallest absolute Gasteiger partial charge is 0.321 e. The number of aryl methyl sites for hydroxylation is 2. The summed E-state index contributed by atoms with van der Waals surface area (Å²) in [6.45, 7) is 9.28. The van der Waals surface area contributed by atoms with Gasteiger partial charge in [-0.25, -0.2) is 14.8 Å². The summed E-state index contributed by atoms with van der Waals surface area (Å²) >= 11 is 0. The van der Waals surface area contributed by atoms with E-state index >= 15 is 0 Å². The number of ether oxygens (including phenoxy) is 1. The van der Waals surface area contributed by atoms with E-state index in [1.54, 1.807) is 0 Å². The molecule has 3 aromatic rings. The maximum atomic E-state index is 12.8. The van der Waals surface area contributed by atoms with Crippen molar-refractivity contribution in [2.45, 2.75) is 27.2 Å². The van der Waals surface area contributed by atoms with Gasteiger partial charge in [-0.15, -0.1) is 0 Å². The van der Waals surface area contributed by atoms with Crippen LogP contribution in [0.5, 0.6) is 5.75 Å². The van der Waals surface area contributed by atoms with Crippen molar-refractivity contribution in [3.8, 4) is 5.75 Å². The van der Waals surface area contributed by atoms with Gasteiger partial charge in [-0.05, 0) is 50.6 Å². The monoisotopic (exact) mass is 445 g/mol. The number of carbonyl (C=O) groups excluding carboxylic acids is 1. The zero-order valence-corrected chi connectivity index (χ0v) is 19.5. The molecule has 0 saturated carbocycles. The zero-order valence-electron chi connectivity index (χ0n) is 19.5. The molecule has 1 saturated heterocycles. The maximum Gasteiger partial charge on any atom is 0.321 e. The van der Waals surface area contributed by atoms with E-state index in [9.17, 15) is 4.79 Å². The average Bonchev–Trinajstić information content (AvgIpc) is 2.83. The van der Waals surface area contributed by atoms with Crippen LogP contribution in [0.3, 0.4) is 0 Å². The zero-order chi connectivity index (χ0) is 23.2. The maximum absolute atomic E-state index is 12.8. The third-order valence-corrected chi connectivity index (χ3v) is 5.81. The van der Waals surface area contributed by atoms with Gasteiger partial charge >= 0.3 is 6.03 Å². The van der Waals surface area contributed by atoms with E-state index in [4.69, 9.17) is 9.72 Å². The van der Waals surface area contributed by atoms with E-state index < -0.39 is 0 Å². The molecule has 0 spiro atoms. The van der Waals surface area contributed by atoms with Crippen molar-refractivity contribution in [3.05, 3.63) is 77.2 Å². The number of piperazine rings is 1. The molecule has 2 aromatic carbocycles. The molecule has 0 unspecified atom stereocenters. The number of hydrogen-bond acceptors (Lipinski definition) is 5. The van der Waals surface area contributed by atoms with Crippen LogP contribution in [0.2, 0.25) is 0 Å². The molecule has 33 heavy (non-hydrogen) atoms. The third-order valence-electron chi connectivity index (χ3n) is 5.81. The second kappa shape index (κ2) is 10.3. The predicted octanol–water partition coefficient (Wildman–Crippen LogP) is 4.44. The highest BCUT2D eigenvalue weighted by Gasteiger charge is 2.25. The minimum atomic E-state index is -0.0848. The van der Waals surface area contributed by atoms with Crippen LogP contribution in [0.25, 0.3) is 0 Å². The number of nitrogens with zero attached hydrogens (tertiary/aromatic N) is 4. The summed E-state index contributed by atoms with van der Waals surface area (Å²) in [6.07, 6.45) is 0.792. The Morgan fingerprint density at radius 1 is 0.970 bits per heavy atom. The van der Waals surface area contributed by atoms with Crippen LogP contribution in [-0.2, 0) is 6.42 Å². The second-order valence-electron chi connectivity index (χ2n) is 8.18. The summed E-state index contributed by atoms with van der Waals surface area (Å²) in [5.41, 5.74) is 4.16. The number of nitrogens with one attached hydrogen (secondary N) is 1.